The van der Waals surface area contributed by atoms with Crippen molar-refractivity contribution in [2.75, 3.05) is 11.9 Å². The molecule has 6 heteroatoms. The number of carbonyl (C=O) groups is 2. The van der Waals surface area contributed by atoms with E-state index in [2.05, 4.69) is 10.6 Å². The number of ketones is 1. The van der Waals surface area contributed by atoms with E-state index in [9.17, 15) is 9.59 Å². The second-order valence-corrected chi connectivity index (χ2v) is 7.61. The van der Waals surface area contributed by atoms with Crippen molar-refractivity contribution >= 4 is 40.6 Å². The third-order valence-electron chi connectivity index (χ3n) is 4.78. The Kier molecular flexibility index (Phi) is 6.89. The molecular formula is C21H22Cl2N2O2. The van der Waals surface area contributed by atoms with Gasteiger partial charge < -0.3 is 10.6 Å². The van der Waals surface area contributed by atoms with Crippen LogP contribution in [0.15, 0.2) is 42.5 Å². The van der Waals surface area contributed by atoms with Crippen LogP contribution >= 0.6 is 23.2 Å². The summed E-state index contributed by atoms with van der Waals surface area (Å²) in [6, 6.07) is 12.1. The standard InChI is InChI=1S/C21H22Cl2N2O2/c22-14-10-11-19(25-20(26)13-24-15-6-2-1-3-7-15)17(12-14)21(27)16-8-4-5-9-18(16)23/h4-5,8-12,15,24H,1-3,6-7,13H2,(H,25,26). The predicted molar refractivity (Wildman–Crippen MR) is 110 cm³/mol. The normalized spacial score (nSPS) is 14.7. The van der Waals surface area contributed by atoms with Crippen molar-refractivity contribution in [3.63, 3.8) is 0 Å². The van der Waals surface area contributed by atoms with Gasteiger partial charge in [0.1, 0.15) is 0 Å². The van der Waals surface area contributed by atoms with Gasteiger partial charge in [0.05, 0.1) is 17.3 Å². The molecule has 1 fully saturated rings. The molecule has 2 N–H and O–H groups in total. The molecule has 0 saturated heterocycles. The summed E-state index contributed by atoms with van der Waals surface area (Å²) in [6.07, 6.45) is 5.87. The molecule has 0 atom stereocenters. The van der Waals surface area contributed by atoms with Crippen LogP contribution in [0.2, 0.25) is 10.0 Å². The zero-order valence-corrected chi connectivity index (χ0v) is 16.4. The molecule has 2 aromatic rings. The minimum Gasteiger partial charge on any atom is -0.324 e. The summed E-state index contributed by atoms with van der Waals surface area (Å²) in [5, 5.41) is 6.90. The van der Waals surface area contributed by atoms with Gasteiger partial charge in [-0.1, -0.05) is 54.6 Å². The zero-order valence-electron chi connectivity index (χ0n) is 14.9. The van der Waals surface area contributed by atoms with Crippen LogP contribution in [-0.4, -0.2) is 24.3 Å². The van der Waals surface area contributed by atoms with Gasteiger partial charge in [0.2, 0.25) is 5.91 Å². The van der Waals surface area contributed by atoms with Crippen LogP contribution in [0.4, 0.5) is 5.69 Å². The summed E-state index contributed by atoms with van der Waals surface area (Å²) >= 11 is 12.2. The fraction of sp³-hybridized carbons (Fsp3) is 0.333. The Labute approximate surface area is 169 Å². The van der Waals surface area contributed by atoms with E-state index in [1.54, 1.807) is 42.5 Å². The van der Waals surface area contributed by atoms with E-state index >= 15 is 0 Å². The minimum absolute atomic E-state index is 0.184. The number of benzene rings is 2. The molecule has 2 aromatic carbocycles. The molecule has 27 heavy (non-hydrogen) atoms. The van der Waals surface area contributed by atoms with Gasteiger partial charge in [0.25, 0.3) is 0 Å². The average molecular weight is 405 g/mol. The molecule has 0 bridgehead atoms. The highest BCUT2D eigenvalue weighted by atomic mass is 35.5. The van der Waals surface area contributed by atoms with Crippen molar-refractivity contribution in [1.29, 1.82) is 0 Å². The second kappa shape index (κ2) is 9.36. The van der Waals surface area contributed by atoms with Crippen molar-refractivity contribution in [2.45, 2.75) is 38.1 Å². The number of nitrogens with one attached hydrogen (secondary N) is 2. The lowest BCUT2D eigenvalue weighted by Crippen LogP contribution is -2.37. The van der Waals surface area contributed by atoms with Crippen LogP contribution < -0.4 is 10.6 Å². The van der Waals surface area contributed by atoms with E-state index in [-0.39, 0.29) is 18.2 Å². The molecule has 1 saturated carbocycles. The Morgan fingerprint density at radius 2 is 1.70 bits per heavy atom. The number of hydrogen-bond acceptors (Lipinski definition) is 3. The number of amides is 1. The van der Waals surface area contributed by atoms with Crippen LogP contribution in [0.1, 0.15) is 48.0 Å². The van der Waals surface area contributed by atoms with Crippen molar-refractivity contribution < 1.29 is 9.59 Å². The summed E-state index contributed by atoms with van der Waals surface area (Å²) < 4.78 is 0. The predicted octanol–water partition coefficient (Wildman–Crippen LogP) is 5.09. The molecule has 0 aromatic heterocycles. The van der Waals surface area contributed by atoms with Crippen LogP contribution in [0, 0.1) is 0 Å². The van der Waals surface area contributed by atoms with Gasteiger partial charge in [-0.15, -0.1) is 0 Å². The van der Waals surface area contributed by atoms with E-state index in [0.717, 1.165) is 12.8 Å². The van der Waals surface area contributed by atoms with Gasteiger partial charge in [0.15, 0.2) is 5.78 Å². The SMILES string of the molecule is O=C(CNC1CCCCC1)Nc1ccc(Cl)cc1C(=O)c1ccccc1Cl. The fourth-order valence-electron chi connectivity index (χ4n) is 3.34. The molecule has 3 rings (SSSR count). The molecule has 0 spiro atoms. The highest BCUT2D eigenvalue weighted by Gasteiger charge is 2.19. The third kappa shape index (κ3) is 5.32. The number of halogens is 2. The monoisotopic (exact) mass is 404 g/mol. The van der Waals surface area contributed by atoms with Crippen molar-refractivity contribution in [1.82, 2.24) is 5.32 Å². The van der Waals surface area contributed by atoms with Crippen LogP contribution in [-0.2, 0) is 4.79 Å². The fourth-order valence-corrected chi connectivity index (χ4v) is 3.74. The molecule has 4 nitrogen and oxygen atoms in total. The number of hydrogen-bond donors (Lipinski definition) is 2. The van der Waals surface area contributed by atoms with Crippen LogP contribution in [0.3, 0.4) is 0 Å². The molecule has 0 radical (unpaired) electrons. The molecule has 1 amide bonds. The first-order chi connectivity index (χ1) is 13.0. The molecule has 142 valence electrons. The Hall–Kier alpha value is -1.88. The van der Waals surface area contributed by atoms with Gasteiger partial charge in [-0.25, -0.2) is 0 Å². The summed E-state index contributed by atoms with van der Waals surface area (Å²) in [6.45, 7) is 0.215. The first kappa shape index (κ1) is 19.9. The van der Waals surface area contributed by atoms with E-state index < -0.39 is 0 Å². The summed E-state index contributed by atoms with van der Waals surface area (Å²) in [5.41, 5.74) is 1.12. The maximum Gasteiger partial charge on any atom is 0.238 e. The maximum absolute atomic E-state index is 12.9. The summed E-state index contributed by atoms with van der Waals surface area (Å²) in [5.74, 6) is -0.463. The first-order valence-corrected chi connectivity index (χ1v) is 9.92. The van der Waals surface area contributed by atoms with Crippen LogP contribution in [0.25, 0.3) is 0 Å². The molecule has 1 aliphatic carbocycles. The largest absolute Gasteiger partial charge is 0.324 e. The molecule has 0 heterocycles. The van der Waals surface area contributed by atoms with Gasteiger partial charge in [0, 0.05) is 22.2 Å². The molecule has 0 aliphatic heterocycles. The summed E-state index contributed by atoms with van der Waals surface area (Å²) in [4.78, 5) is 25.3. The van der Waals surface area contributed by atoms with E-state index in [4.69, 9.17) is 23.2 Å². The zero-order chi connectivity index (χ0) is 19.2. The average Bonchev–Trinajstić information content (AvgIpc) is 2.68. The van der Waals surface area contributed by atoms with E-state index in [0.29, 0.717) is 32.9 Å². The lowest BCUT2D eigenvalue weighted by atomic mass is 9.95. The van der Waals surface area contributed by atoms with Crippen molar-refractivity contribution in [3.8, 4) is 0 Å². The third-order valence-corrected chi connectivity index (χ3v) is 5.34. The molecule has 1 aliphatic rings. The van der Waals surface area contributed by atoms with Crippen LogP contribution in [0.5, 0.6) is 0 Å². The van der Waals surface area contributed by atoms with Gasteiger partial charge in [-0.2, -0.15) is 0 Å². The highest BCUT2D eigenvalue weighted by Crippen LogP contribution is 2.26. The Morgan fingerprint density at radius 3 is 2.44 bits per heavy atom. The van der Waals surface area contributed by atoms with Gasteiger partial charge in [-0.3, -0.25) is 9.59 Å². The Balaban J connectivity index is 1.73. The highest BCUT2D eigenvalue weighted by molar-refractivity contribution is 6.36. The van der Waals surface area contributed by atoms with Crippen molar-refractivity contribution in [3.05, 3.63) is 63.6 Å². The smallest absolute Gasteiger partial charge is 0.238 e. The lowest BCUT2D eigenvalue weighted by Gasteiger charge is -2.22. The number of carbonyl (C=O) groups excluding carboxylic acids is 2. The Morgan fingerprint density at radius 1 is 0.963 bits per heavy atom. The minimum atomic E-state index is -0.279. The lowest BCUT2D eigenvalue weighted by molar-refractivity contribution is -0.115. The second-order valence-electron chi connectivity index (χ2n) is 6.76. The van der Waals surface area contributed by atoms with E-state index in [1.165, 1.54) is 19.3 Å². The number of anilines is 1. The van der Waals surface area contributed by atoms with Gasteiger partial charge >= 0.3 is 0 Å². The van der Waals surface area contributed by atoms with Crippen molar-refractivity contribution in [2.24, 2.45) is 0 Å². The first-order valence-electron chi connectivity index (χ1n) is 9.16. The topological polar surface area (TPSA) is 58.2 Å². The molecular weight excluding hydrogens is 383 g/mol. The maximum atomic E-state index is 12.9. The Bertz CT molecular complexity index is 833. The van der Waals surface area contributed by atoms with E-state index in [1.807, 2.05) is 0 Å². The van der Waals surface area contributed by atoms with Gasteiger partial charge in [-0.05, 0) is 43.2 Å². The number of rotatable bonds is 6. The quantitative estimate of drug-likeness (QED) is 0.659. The molecule has 0 unspecified atom stereocenters. The summed E-state index contributed by atoms with van der Waals surface area (Å²) in [7, 11) is 0.